The fourth-order valence-electron chi connectivity index (χ4n) is 8.09. The molecular formula is C70H116NO8+. The molecule has 0 bridgehead atoms. The zero-order valence-electron chi connectivity index (χ0n) is 51.0. The molecular weight excluding hydrogens is 983 g/mol. The zero-order valence-corrected chi connectivity index (χ0v) is 51.0. The average molecular weight is 1100 g/mol. The van der Waals surface area contributed by atoms with Crippen molar-refractivity contribution >= 4 is 17.9 Å². The van der Waals surface area contributed by atoms with Gasteiger partial charge in [0.05, 0.1) is 34.4 Å². The Bertz CT molecular complexity index is 1750. The van der Waals surface area contributed by atoms with E-state index in [2.05, 4.69) is 148 Å². The van der Waals surface area contributed by atoms with Crippen molar-refractivity contribution in [3.8, 4) is 0 Å². The highest BCUT2D eigenvalue weighted by molar-refractivity contribution is 5.71. The number of rotatable bonds is 56. The van der Waals surface area contributed by atoms with Crippen molar-refractivity contribution in [3.63, 3.8) is 0 Å². The van der Waals surface area contributed by atoms with Crippen LogP contribution in [-0.2, 0) is 33.3 Å². The molecule has 79 heavy (non-hydrogen) atoms. The molecule has 9 nitrogen and oxygen atoms in total. The van der Waals surface area contributed by atoms with Crippen molar-refractivity contribution in [2.75, 3.05) is 47.5 Å². The number of carbonyl (C=O) groups excluding carboxylic acids is 2. The summed E-state index contributed by atoms with van der Waals surface area (Å²) in [4.78, 5) is 37.5. The number of nitrogens with zero attached hydrogens (tertiary/aromatic N) is 1. The van der Waals surface area contributed by atoms with Gasteiger partial charge in [-0.3, -0.25) is 9.59 Å². The SMILES string of the molecule is CC/C=C\C/C=C\C/C=C\C/C=C\C/C=C\C/C=C\C/C=C\C/C=C\C/C=C\C/C=C\CCCCC(=O)OC(COC(=O)CCCCCCCCCCC/C=C\CCCCCCCCCC)COC(OCC[N+](C)(C)C)C(=O)O. The van der Waals surface area contributed by atoms with Gasteiger partial charge in [-0.2, -0.15) is 0 Å². The summed E-state index contributed by atoms with van der Waals surface area (Å²) >= 11 is 0. The van der Waals surface area contributed by atoms with Gasteiger partial charge in [-0.15, -0.1) is 0 Å². The zero-order chi connectivity index (χ0) is 57.6. The van der Waals surface area contributed by atoms with Crippen molar-refractivity contribution in [1.29, 1.82) is 0 Å². The number of hydrogen-bond acceptors (Lipinski definition) is 7. The molecule has 0 aliphatic heterocycles. The topological polar surface area (TPSA) is 108 Å². The van der Waals surface area contributed by atoms with Crippen LogP contribution in [0.5, 0.6) is 0 Å². The van der Waals surface area contributed by atoms with Gasteiger partial charge >= 0.3 is 17.9 Å². The Morgan fingerprint density at radius 2 is 0.722 bits per heavy atom. The number of quaternary nitrogens is 1. The maximum atomic E-state index is 12.9. The molecule has 448 valence electrons. The Morgan fingerprint density at radius 1 is 0.392 bits per heavy atom. The van der Waals surface area contributed by atoms with Crippen LogP contribution in [0.1, 0.15) is 232 Å². The summed E-state index contributed by atoms with van der Waals surface area (Å²) in [6.07, 6.45) is 82.6. The Kier molecular flexibility index (Phi) is 56.1. The molecule has 0 rings (SSSR count). The molecule has 2 atom stereocenters. The number of ether oxygens (including phenoxy) is 4. The maximum Gasteiger partial charge on any atom is 0.361 e. The van der Waals surface area contributed by atoms with Gasteiger partial charge in [0.15, 0.2) is 6.10 Å². The Hall–Kier alpha value is -4.57. The normalized spacial score (nSPS) is 13.7. The van der Waals surface area contributed by atoms with Gasteiger partial charge in [-0.25, -0.2) is 4.79 Å². The highest BCUT2D eigenvalue weighted by Gasteiger charge is 2.25. The first-order valence-corrected chi connectivity index (χ1v) is 31.3. The lowest BCUT2D eigenvalue weighted by atomic mass is 10.1. The summed E-state index contributed by atoms with van der Waals surface area (Å²) in [7, 11) is 5.95. The predicted molar refractivity (Wildman–Crippen MR) is 336 cm³/mol. The third-order valence-corrected chi connectivity index (χ3v) is 12.9. The number of hydrogen-bond donors (Lipinski definition) is 1. The number of carbonyl (C=O) groups is 3. The molecule has 1 N–H and O–H groups in total. The van der Waals surface area contributed by atoms with E-state index in [0.717, 1.165) is 96.3 Å². The van der Waals surface area contributed by atoms with E-state index >= 15 is 0 Å². The molecule has 9 heteroatoms. The molecule has 2 unspecified atom stereocenters. The Labute approximate surface area is 484 Å². The summed E-state index contributed by atoms with van der Waals surface area (Å²) in [5.41, 5.74) is 0. The molecule has 0 aromatic heterocycles. The largest absolute Gasteiger partial charge is 0.477 e. The molecule has 0 fully saturated rings. The van der Waals surface area contributed by atoms with Crippen LogP contribution in [0, 0.1) is 0 Å². The molecule has 0 heterocycles. The maximum absolute atomic E-state index is 12.9. The van der Waals surface area contributed by atoms with Crippen LogP contribution < -0.4 is 0 Å². The van der Waals surface area contributed by atoms with Gasteiger partial charge in [0, 0.05) is 12.8 Å². The highest BCUT2D eigenvalue weighted by atomic mass is 16.7. The first kappa shape index (κ1) is 74.4. The number of esters is 2. The standard InChI is InChI=1S/C70H115NO8/c1-6-8-10-12-14-16-18-20-22-24-26-28-29-30-31-32-33-34-35-36-37-38-39-41-43-45-47-49-51-53-55-57-59-61-68(73)79-66(65-78-70(69(74)75)76-63-62-71(3,4)5)64-77-67(72)60-58-56-54-52-50-48-46-44-42-40-27-25-23-21-19-17-15-13-11-9-7-2/h8,10,14,16,20,22,25-28,30-31,33-34,36-37,39,41,45,47,51,53,66,70H,6-7,9,11-13,15,17-19,21,23-24,29,32,35,38,40,42-44,46,48-50,52,54-65H2,1-5H3/p+1/b10-8-,16-14-,22-20-,27-25-,28-26-,31-30-,34-33-,37-36-,41-39-,47-45-,53-51-. The molecule has 0 aliphatic carbocycles. The van der Waals surface area contributed by atoms with E-state index in [-0.39, 0.29) is 38.6 Å². The van der Waals surface area contributed by atoms with Crippen molar-refractivity contribution in [2.24, 2.45) is 0 Å². The van der Waals surface area contributed by atoms with Gasteiger partial charge in [0.2, 0.25) is 0 Å². The van der Waals surface area contributed by atoms with Gasteiger partial charge in [0.25, 0.3) is 6.29 Å². The predicted octanol–water partition coefficient (Wildman–Crippen LogP) is 19.0. The van der Waals surface area contributed by atoms with Gasteiger partial charge in [-0.05, 0) is 116 Å². The molecule has 0 aromatic rings. The van der Waals surface area contributed by atoms with Crippen LogP contribution in [0.15, 0.2) is 134 Å². The fraction of sp³-hybridized carbons (Fsp3) is 0.643. The van der Waals surface area contributed by atoms with Crippen LogP contribution in [0.25, 0.3) is 0 Å². The number of unbranched alkanes of at least 4 members (excludes halogenated alkanes) is 19. The van der Waals surface area contributed by atoms with Crippen LogP contribution in [0.3, 0.4) is 0 Å². The highest BCUT2D eigenvalue weighted by Crippen LogP contribution is 2.15. The molecule has 0 aliphatic rings. The molecule has 0 radical (unpaired) electrons. The number of carboxylic acids is 1. The van der Waals surface area contributed by atoms with E-state index in [1.807, 2.05) is 21.1 Å². The van der Waals surface area contributed by atoms with Gasteiger partial charge < -0.3 is 28.5 Å². The molecule has 0 saturated carbocycles. The number of allylic oxidation sites excluding steroid dienone is 22. The van der Waals surface area contributed by atoms with Crippen LogP contribution in [0.2, 0.25) is 0 Å². The van der Waals surface area contributed by atoms with Crippen LogP contribution in [0.4, 0.5) is 0 Å². The van der Waals surface area contributed by atoms with E-state index in [1.165, 1.54) is 103 Å². The summed E-state index contributed by atoms with van der Waals surface area (Å²) in [6.45, 7) is 4.70. The first-order valence-electron chi connectivity index (χ1n) is 31.3. The second-order valence-electron chi connectivity index (χ2n) is 21.6. The second kappa shape index (κ2) is 59.5. The minimum Gasteiger partial charge on any atom is -0.477 e. The van der Waals surface area contributed by atoms with Gasteiger partial charge in [0.1, 0.15) is 13.2 Å². The van der Waals surface area contributed by atoms with Crippen molar-refractivity contribution < 1.29 is 42.9 Å². The van der Waals surface area contributed by atoms with E-state index in [1.54, 1.807) is 0 Å². The van der Waals surface area contributed by atoms with Crippen LogP contribution in [-0.4, -0.2) is 87.4 Å². The minimum absolute atomic E-state index is 0.172. The Balaban J connectivity index is 4.34. The van der Waals surface area contributed by atoms with E-state index < -0.39 is 24.3 Å². The quantitative estimate of drug-likeness (QED) is 0.0211. The summed E-state index contributed by atoms with van der Waals surface area (Å²) in [5, 5.41) is 9.72. The van der Waals surface area contributed by atoms with E-state index in [9.17, 15) is 19.5 Å². The lowest BCUT2D eigenvalue weighted by molar-refractivity contribution is -0.870. The third kappa shape index (κ3) is 60.9. The average Bonchev–Trinajstić information content (AvgIpc) is 3.42. The van der Waals surface area contributed by atoms with E-state index in [4.69, 9.17) is 18.9 Å². The Morgan fingerprint density at radius 3 is 1.11 bits per heavy atom. The lowest BCUT2D eigenvalue weighted by Gasteiger charge is -2.25. The first-order chi connectivity index (χ1) is 38.6. The van der Waals surface area contributed by atoms with Crippen molar-refractivity contribution in [2.45, 2.75) is 245 Å². The minimum atomic E-state index is -1.53. The number of carboxylic acid groups (broad SMARTS) is 1. The van der Waals surface area contributed by atoms with Crippen molar-refractivity contribution in [1.82, 2.24) is 0 Å². The fourth-order valence-corrected chi connectivity index (χ4v) is 8.09. The van der Waals surface area contributed by atoms with Gasteiger partial charge in [-0.1, -0.05) is 237 Å². The molecule has 0 amide bonds. The summed E-state index contributed by atoms with van der Waals surface area (Å²) in [5.74, 6) is -2.08. The third-order valence-electron chi connectivity index (χ3n) is 12.9. The van der Waals surface area contributed by atoms with E-state index in [0.29, 0.717) is 17.4 Å². The number of aliphatic carboxylic acids is 1. The summed E-state index contributed by atoms with van der Waals surface area (Å²) in [6, 6.07) is 0. The molecule has 0 saturated heterocycles. The summed E-state index contributed by atoms with van der Waals surface area (Å²) < 4.78 is 22.8. The van der Waals surface area contributed by atoms with Crippen molar-refractivity contribution in [3.05, 3.63) is 134 Å². The second-order valence-corrected chi connectivity index (χ2v) is 21.6. The number of likely N-dealkylation sites (N-methyl/N-ethyl adjacent to an activating group) is 1. The van der Waals surface area contributed by atoms with Crippen LogP contribution >= 0.6 is 0 Å². The lowest BCUT2D eigenvalue weighted by Crippen LogP contribution is -2.40. The monoisotopic (exact) mass is 1100 g/mol. The smallest absolute Gasteiger partial charge is 0.361 e. The molecule has 0 spiro atoms. The molecule has 0 aromatic carbocycles.